The van der Waals surface area contributed by atoms with Crippen LogP contribution in [0.2, 0.25) is 0 Å². The third kappa shape index (κ3) is 9.24. The van der Waals surface area contributed by atoms with Gasteiger partial charge in [0.05, 0.1) is 6.54 Å². The quantitative estimate of drug-likeness (QED) is 0.295. The van der Waals surface area contributed by atoms with Gasteiger partial charge < -0.3 is 11.1 Å². The number of nitrogens with two attached hydrogens (primary N) is 1. The monoisotopic (exact) mass is 340 g/mol. The summed E-state index contributed by atoms with van der Waals surface area (Å²) in [5.74, 6) is -1.33. The molecule has 0 radical (unpaired) electrons. The summed E-state index contributed by atoms with van der Waals surface area (Å²) in [4.78, 5) is 44.7. The van der Waals surface area contributed by atoms with Gasteiger partial charge in [0.25, 0.3) is 5.91 Å². The smallest absolute Gasteiger partial charge is 0.264 e. The fourth-order valence-corrected chi connectivity index (χ4v) is 2.54. The molecule has 1 aliphatic rings. The second kappa shape index (κ2) is 11.6. The van der Waals surface area contributed by atoms with Crippen molar-refractivity contribution in [1.82, 2.24) is 16.0 Å². The predicted molar refractivity (Wildman–Crippen MR) is 88.4 cm³/mol. The number of amides is 4. The van der Waals surface area contributed by atoms with Gasteiger partial charge in [0.1, 0.15) is 0 Å². The number of unbranched alkanes of at least 4 members (excludes halogenated alkanes) is 7. The van der Waals surface area contributed by atoms with Gasteiger partial charge >= 0.3 is 0 Å². The molecule has 136 valence electrons. The van der Waals surface area contributed by atoms with Crippen LogP contribution in [0.3, 0.4) is 0 Å². The predicted octanol–water partition coefficient (Wildman–Crippen LogP) is 0.0610. The van der Waals surface area contributed by atoms with Crippen LogP contribution >= 0.6 is 0 Å². The molecule has 0 aliphatic carbocycles. The number of hydrogen-bond acceptors (Lipinski definition) is 5. The Morgan fingerprint density at radius 1 is 0.958 bits per heavy atom. The van der Waals surface area contributed by atoms with Gasteiger partial charge in [-0.05, 0) is 12.8 Å². The number of rotatable bonds is 12. The second-order valence-electron chi connectivity index (χ2n) is 6.09. The summed E-state index contributed by atoms with van der Waals surface area (Å²) in [6.45, 7) is 0.0239. The highest BCUT2D eigenvalue weighted by Crippen LogP contribution is 2.10. The van der Waals surface area contributed by atoms with E-state index in [0.717, 1.165) is 51.4 Å². The molecule has 0 saturated carbocycles. The van der Waals surface area contributed by atoms with Crippen LogP contribution in [-0.2, 0) is 19.2 Å². The van der Waals surface area contributed by atoms with Gasteiger partial charge in [-0.1, -0.05) is 38.5 Å². The van der Waals surface area contributed by atoms with E-state index >= 15 is 0 Å². The van der Waals surface area contributed by atoms with Crippen molar-refractivity contribution in [2.45, 2.75) is 70.4 Å². The zero-order valence-corrected chi connectivity index (χ0v) is 14.1. The first kappa shape index (κ1) is 20.1. The lowest BCUT2D eigenvalue weighted by Crippen LogP contribution is -2.62. The highest BCUT2D eigenvalue weighted by Gasteiger charge is 2.26. The summed E-state index contributed by atoms with van der Waals surface area (Å²) < 4.78 is 0. The summed E-state index contributed by atoms with van der Waals surface area (Å²) in [6, 6.07) is 0. The molecular weight excluding hydrogens is 312 g/mol. The third-order valence-corrected chi connectivity index (χ3v) is 3.87. The van der Waals surface area contributed by atoms with Crippen molar-refractivity contribution < 1.29 is 19.2 Å². The Balaban J connectivity index is 1.93. The maximum atomic E-state index is 11.7. The SMILES string of the molecule is NC(=O)CCCCCCCCCCC(=O)NC1NCC(=O)NC1=O. The molecule has 0 spiro atoms. The second-order valence-corrected chi connectivity index (χ2v) is 6.09. The van der Waals surface area contributed by atoms with Crippen LogP contribution in [0, 0.1) is 0 Å². The van der Waals surface area contributed by atoms with Crippen molar-refractivity contribution in [2.24, 2.45) is 5.73 Å². The minimum Gasteiger partial charge on any atom is -0.370 e. The fourth-order valence-electron chi connectivity index (χ4n) is 2.54. The van der Waals surface area contributed by atoms with E-state index in [1.54, 1.807) is 0 Å². The van der Waals surface area contributed by atoms with Crippen LogP contribution in [-0.4, -0.2) is 36.3 Å². The van der Waals surface area contributed by atoms with E-state index in [2.05, 4.69) is 16.0 Å². The Labute approximate surface area is 142 Å². The topological polar surface area (TPSA) is 130 Å². The van der Waals surface area contributed by atoms with Gasteiger partial charge in [-0.3, -0.25) is 29.8 Å². The van der Waals surface area contributed by atoms with Gasteiger partial charge in [-0.25, -0.2) is 0 Å². The first-order valence-electron chi connectivity index (χ1n) is 8.64. The number of hydrogen-bond donors (Lipinski definition) is 4. The average molecular weight is 340 g/mol. The molecule has 0 aromatic heterocycles. The van der Waals surface area contributed by atoms with Gasteiger partial charge in [-0.2, -0.15) is 0 Å². The van der Waals surface area contributed by atoms with E-state index in [1.807, 2.05) is 0 Å². The number of nitrogens with one attached hydrogen (secondary N) is 3. The van der Waals surface area contributed by atoms with Crippen LogP contribution in [0.1, 0.15) is 64.2 Å². The molecule has 1 atom stereocenters. The lowest BCUT2D eigenvalue weighted by molar-refractivity contribution is -0.137. The van der Waals surface area contributed by atoms with E-state index in [4.69, 9.17) is 5.73 Å². The maximum absolute atomic E-state index is 11.7. The molecule has 1 unspecified atom stereocenters. The summed E-state index contributed by atoms with van der Waals surface area (Å²) >= 11 is 0. The number of carbonyl (C=O) groups is 4. The lowest BCUT2D eigenvalue weighted by atomic mass is 10.1. The summed E-state index contributed by atoms with van der Waals surface area (Å²) in [6.07, 6.45) is 8.09. The largest absolute Gasteiger partial charge is 0.370 e. The van der Waals surface area contributed by atoms with Crippen molar-refractivity contribution >= 4 is 23.6 Å². The zero-order valence-electron chi connectivity index (χ0n) is 14.1. The zero-order chi connectivity index (χ0) is 17.8. The summed E-state index contributed by atoms with van der Waals surface area (Å²) in [7, 11) is 0. The lowest BCUT2D eigenvalue weighted by Gasteiger charge is -2.23. The van der Waals surface area contributed by atoms with Crippen molar-refractivity contribution in [2.75, 3.05) is 6.54 Å². The molecule has 0 aromatic carbocycles. The molecule has 1 aliphatic heterocycles. The highest BCUT2D eigenvalue weighted by atomic mass is 16.2. The molecule has 5 N–H and O–H groups in total. The van der Waals surface area contributed by atoms with Crippen LogP contribution < -0.4 is 21.7 Å². The Morgan fingerprint density at radius 2 is 1.50 bits per heavy atom. The van der Waals surface area contributed by atoms with E-state index in [-0.39, 0.29) is 24.3 Å². The molecule has 1 rings (SSSR count). The number of imide groups is 1. The number of primary amides is 1. The molecule has 0 aromatic rings. The Kier molecular flexibility index (Phi) is 9.67. The molecule has 4 amide bonds. The fraction of sp³-hybridized carbons (Fsp3) is 0.750. The Bertz CT molecular complexity index is 453. The van der Waals surface area contributed by atoms with Crippen molar-refractivity contribution in [3.05, 3.63) is 0 Å². The van der Waals surface area contributed by atoms with Crippen LogP contribution in [0.4, 0.5) is 0 Å². The summed E-state index contributed by atoms with van der Waals surface area (Å²) in [5, 5.41) is 7.41. The molecule has 8 nitrogen and oxygen atoms in total. The van der Waals surface area contributed by atoms with Gasteiger partial charge in [-0.15, -0.1) is 0 Å². The average Bonchev–Trinajstić information content (AvgIpc) is 2.51. The van der Waals surface area contributed by atoms with E-state index in [9.17, 15) is 19.2 Å². The first-order chi connectivity index (χ1) is 11.5. The third-order valence-electron chi connectivity index (χ3n) is 3.87. The number of carbonyl (C=O) groups excluding carboxylic acids is 4. The van der Waals surface area contributed by atoms with Crippen molar-refractivity contribution in [3.8, 4) is 0 Å². The van der Waals surface area contributed by atoms with Crippen molar-refractivity contribution in [3.63, 3.8) is 0 Å². The molecule has 8 heteroatoms. The molecule has 1 saturated heterocycles. The standard InChI is InChI=1S/C16H28N4O4/c17-12(21)9-7-5-3-1-2-4-6-8-10-13(22)19-15-16(24)20-14(23)11-18-15/h15,18H,1-11H2,(H2,17,21)(H,19,22)(H,20,23,24). The Hall–Kier alpha value is -1.96. The molecule has 1 heterocycles. The maximum Gasteiger partial charge on any atom is 0.264 e. The summed E-state index contributed by atoms with van der Waals surface area (Å²) in [5.41, 5.74) is 5.07. The highest BCUT2D eigenvalue weighted by molar-refractivity contribution is 6.02. The van der Waals surface area contributed by atoms with E-state index in [0.29, 0.717) is 12.8 Å². The molecule has 0 bridgehead atoms. The van der Waals surface area contributed by atoms with Gasteiger partial charge in [0, 0.05) is 12.8 Å². The van der Waals surface area contributed by atoms with Gasteiger partial charge in [0.15, 0.2) is 6.17 Å². The number of piperazine rings is 1. The molecular formula is C16H28N4O4. The minimum absolute atomic E-state index is 0.0239. The molecule has 1 fully saturated rings. The van der Waals surface area contributed by atoms with E-state index in [1.165, 1.54) is 0 Å². The van der Waals surface area contributed by atoms with Crippen LogP contribution in [0.5, 0.6) is 0 Å². The van der Waals surface area contributed by atoms with Crippen LogP contribution in [0.25, 0.3) is 0 Å². The first-order valence-corrected chi connectivity index (χ1v) is 8.64. The van der Waals surface area contributed by atoms with E-state index < -0.39 is 12.1 Å². The normalized spacial score (nSPS) is 17.4. The van der Waals surface area contributed by atoms with Crippen molar-refractivity contribution in [1.29, 1.82) is 0 Å². The Morgan fingerprint density at radius 3 is 2.04 bits per heavy atom. The van der Waals surface area contributed by atoms with Gasteiger partial charge in [0.2, 0.25) is 17.7 Å². The van der Waals surface area contributed by atoms with Crippen LogP contribution in [0.15, 0.2) is 0 Å². The minimum atomic E-state index is -0.824. The molecule has 24 heavy (non-hydrogen) atoms.